The summed E-state index contributed by atoms with van der Waals surface area (Å²) in [5.41, 5.74) is 3.68. The molecular weight excluding hydrogens is 491 g/mol. The highest BCUT2D eigenvalue weighted by Crippen LogP contribution is 2.35. The van der Waals surface area contributed by atoms with Crippen molar-refractivity contribution >= 4 is 39.2 Å². The zero-order valence-electron chi connectivity index (χ0n) is 20.2. The number of anilines is 1. The Morgan fingerprint density at radius 2 is 2.03 bits per heavy atom. The van der Waals surface area contributed by atoms with Gasteiger partial charge in [0.05, 0.1) is 27.1 Å². The Balaban J connectivity index is 1.16. The number of rotatable bonds is 8. The molecule has 190 valence electrons. The molecule has 0 unspecified atom stereocenters. The number of likely N-dealkylation sites (tertiary alicyclic amines) is 1. The molecule has 2 N–H and O–H groups in total. The van der Waals surface area contributed by atoms with Crippen molar-refractivity contribution in [3.63, 3.8) is 0 Å². The third-order valence-electron chi connectivity index (χ3n) is 6.78. The normalized spacial score (nSPS) is 15.5. The van der Waals surface area contributed by atoms with E-state index in [9.17, 15) is 14.0 Å². The molecule has 3 amide bonds. The molecule has 1 aromatic carbocycles. The number of amides is 3. The van der Waals surface area contributed by atoms with Gasteiger partial charge in [-0.2, -0.15) is 0 Å². The number of nitrogens with one attached hydrogen (secondary N) is 2. The Morgan fingerprint density at radius 3 is 2.81 bits per heavy atom. The lowest BCUT2D eigenvalue weighted by Gasteiger charge is -2.15. The lowest BCUT2D eigenvalue weighted by Crippen LogP contribution is -2.30. The van der Waals surface area contributed by atoms with Gasteiger partial charge in [-0.15, -0.1) is 11.3 Å². The second-order valence-corrected chi connectivity index (χ2v) is 10.7. The zero-order chi connectivity index (χ0) is 25.4. The molecule has 37 heavy (non-hydrogen) atoms. The van der Waals surface area contributed by atoms with Crippen LogP contribution in [0.25, 0.3) is 20.8 Å². The first kappa shape index (κ1) is 23.6. The highest BCUT2D eigenvalue weighted by Gasteiger charge is 2.23. The van der Waals surface area contributed by atoms with Gasteiger partial charge in [-0.05, 0) is 54.7 Å². The summed E-state index contributed by atoms with van der Waals surface area (Å²) in [5, 5.41) is 5.53. The molecular formula is C27H27FN6O2S. The van der Waals surface area contributed by atoms with Gasteiger partial charge in [0, 0.05) is 56.6 Å². The number of benzene rings is 1. The number of urea groups is 1. The summed E-state index contributed by atoms with van der Waals surface area (Å²) in [6, 6.07) is 8.68. The van der Waals surface area contributed by atoms with Crippen molar-refractivity contribution in [1.82, 2.24) is 24.8 Å². The number of thiophene rings is 1. The van der Waals surface area contributed by atoms with Gasteiger partial charge in [0.2, 0.25) is 5.91 Å². The number of hydrogen-bond acceptors (Lipinski definition) is 5. The molecule has 1 aliphatic heterocycles. The smallest absolute Gasteiger partial charge is 0.319 e. The van der Waals surface area contributed by atoms with Crippen LogP contribution in [0.3, 0.4) is 0 Å². The van der Waals surface area contributed by atoms with Crippen molar-refractivity contribution in [2.45, 2.75) is 44.7 Å². The van der Waals surface area contributed by atoms with E-state index in [0.29, 0.717) is 37.2 Å². The molecule has 2 fully saturated rings. The quantitative estimate of drug-likeness (QED) is 0.351. The summed E-state index contributed by atoms with van der Waals surface area (Å²) in [5.74, 6) is -0.133. The highest BCUT2D eigenvalue weighted by molar-refractivity contribution is 7.22. The maximum Gasteiger partial charge on any atom is 0.319 e. The second kappa shape index (κ2) is 9.93. The number of imidazole rings is 1. The van der Waals surface area contributed by atoms with Crippen LogP contribution in [0.5, 0.6) is 0 Å². The predicted octanol–water partition coefficient (Wildman–Crippen LogP) is 4.80. The number of hydrogen-bond donors (Lipinski definition) is 2. The molecule has 1 saturated carbocycles. The first-order valence-electron chi connectivity index (χ1n) is 12.5. The predicted molar refractivity (Wildman–Crippen MR) is 141 cm³/mol. The zero-order valence-corrected chi connectivity index (χ0v) is 21.1. The first-order valence-corrected chi connectivity index (χ1v) is 13.4. The SMILES string of the molecule is O=C(Nc1ccc(Cc2ccnc3cc(-c4cn(CCN5CCCC5=O)cn4)sc23)c(F)c1)NC1CC1. The topological polar surface area (TPSA) is 92.2 Å². The van der Waals surface area contributed by atoms with E-state index in [1.807, 2.05) is 27.8 Å². The molecule has 0 atom stereocenters. The molecule has 6 rings (SSSR count). The summed E-state index contributed by atoms with van der Waals surface area (Å²) in [7, 11) is 0. The van der Waals surface area contributed by atoms with Crippen LogP contribution in [0.2, 0.25) is 0 Å². The van der Waals surface area contributed by atoms with Gasteiger partial charge < -0.3 is 20.1 Å². The van der Waals surface area contributed by atoms with E-state index < -0.39 is 0 Å². The Labute approximate surface area is 217 Å². The Kier molecular flexibility index (Phi) is 6.33. The van der Waals surface area contributed by atoms with Crippen LogP contribution < -0.4 is 10.6 Å². The summed E-state index contributed by atoms with van der Waals surface area (Å²) in [4.78, 5) is 35.8. The van der Waals surface area contributed by atoms with Crippen molar-refractivity contribution in [3.8, 4) is 10.6 Å². The number of carbonyl (C=O) groups is 2. The number of halogens is 1. The minimum Gasteiger partial charge on any atom is -0.341 e. The van der Waals surface area contributed by atoms with Gasteiger partial charge in [-0.25, -0.2) is 14.2 Å². The number of aromatic nitrogens is 3. The van der Waals surface area contributed by atoms with Crippen molar-refractivity contribution in [2.24, 2.45) is 0 Å². The minimum absolute atomic E-state index is 0.227. The van der Waals surface area contributed by atoms with E-state index in [1.165, 1.54) is 6.07 Å². The van der Waals surface area contributed by atoms with E-state index in [0.717, 1.165) is 52.2 Å². The molecule has 10 heteroatoms. The molecule has 2 aliphatic rings. The van der Waals surface area contributed by atoms with Crippen LogP contribution in [0.4, 0.5) is 14.9 Å². The summed E-state index contributed by atoms with van der Waals surface area (Å²) < 4.78 is 17.9. The monoisotopic (exact) mass is 518 g/mol. The van der Waals surface area contributed by atoms with Crippen LogP contribution in [0.1, 0.15) is 36.8 Å². The van der Waals surface area contributed by atoms with Gasteiger partial charge in [0.1, 0.15) is 5.82 Å². The average molecular weight is 519 g/mol. The van der Waals surface area contributed by atoms with E-state index in [-0.39, 0.29) is 23.8 Å². The molecule has 4 heterocycles. The second-order valence-electron chi connectivity index (χ2n) is 9.63. The van der Waals surface area contributed by atoms with Crippen LogP contribution in [-0.2, 0) is 17.8 Å². The number of nitrogens with zero attached hydrogens (tertiary/aromatic N) is 4. The molecule has 0 bridgehead atoms. The molecule has 0 radical (unpaired) electrons. The Hall–Kier alpha value is -3.79. The molecule has 4 aromatic rings. The van der Waals surface area contributed by atoms with Crippen LogP contribution in [-0.4, -0.2) is 50.5 Å². The maximum absolute atomic E-state index is 14.9. The van der Waals surface area contributed by atoms with Crippen molar-refractivity contribution in [1.29, 1.82) is 0 Å². The molecule has 3 aromatic heterocycles. The summed E-state index contributed by atoms with van der Waals surface area (Å²) >= 11 is 1.59. The van der Waals surface area contributed by atoms with Gasteiger partial charge in [0.15, 0.2) is 0 Å². The summed E-state index contributed by atoms with van der Waals surface area (Å²) in [6.07, 6.45) is 9.53. The minimum atomic E-state index is -0.360. The van der Waals surface area contributed by atoms with Gasteiger partial charge >= 0.3 is 6.03 Å². The molecule has 8 nitrogen and oxygen atoms in total. The highest BCUT2D eigenvalue weighted by atomic mass is 32.1. The third-order valence-corrected chi connectivity index (χ3v) is 8.01. The molecule has 1 saturated heterocycles. The standard InChI is InChI=1S/C27H27FN6O2S/c28-21-13-20(32-27(36)31-19-5-6-19)4-3-17(21)12-18-7-8-29-22-14-24(37-26(18)22)23-15-33(16-30-23)10-11-34-9-1-2-25(34)35/h3-4,7-8,13-16,19H,1-2,5-6,9-12H2,(H2,31,32,36). The number of fused-ring (bicyclic) bond motifs is 1. The Morgan fingerprint density at radius 1 is 1.14 bits per heavy atom. The summed E-state index contributed by atoms with van der Waals surface area (Å²) in [6.45, 7) is 2.23. The van der Waals surface area contributed by atoms with E-state index in [2.05, 4.69) is 20.6 Å². The molecule has 0 spiro atoms. The fourth-order valence-electron chi connectivity index (χ4n) is 4.60. The first-order chi connectivity index (χ1) is 18.0. The van der Waals surface area contributed by atoms with Crippen molar-refractivity contribution in [2.75, 3.05) is 18.4 Å². The average Bonchev–Trinajstić information content (AvgIpc) is 3.23. The lowest BCUT2D eigenvalue weighted by atomic mass is 10.0. The van der Waals surface area contributed by atoms with Gasteiger partial charge in [0.25, 0.3) is 0 Å². The molecule has 1 aliphatic carbocycles. The van der Waals surface area contributed by atoms with Gasteiger partial charge in [-0.3, -0.25) is 9.78 Å². The number of carbonyl (C=O) groups excluding carboxylic acids is 2. The fraction of sp³-hybridized carbons (Fsp3) is 0.333. The number of pyridine rings is 1. The fourth-order valence-corrected chi connectivity index (χ4v) is 5.68. The lowest BCUT2D eigenvalue weighted by molar-refractivity contribution is -0.127. The van der Waals surface area contributed by atoms with Crippen LogP contribution in [0, 0.1) is 5.82 Å². The van der Waals surface area contributed by atoms with Crippen molar-refractivity contribution < 1.29 is 14.0 Å². The van der Waals surface area contributed by atoms with Gasteiger partial charge in [-0.1, -0.05) is 6.07 Å². The Bertz CT molecular complexity index is 1480. The van der Waals surface area contributed by atoms with E-state index >= 15 is 0 Å². The third kappa shape index (κ3) is 5.34. The van der Waals surface area contributed by atoms with E-state index in [4.69, 9.17) is 0 Å². The van der Waals surface area contributed by atoms with Crippen LogP contribution >= 0.6 is 11.3 Å². The van der Waals surface area contributed by atoms with E-state index in [1.54, 1.807) is 36.0 Å². The van der Waals surface area contributed by atoms with Crippen LogP contribution in [0.15, 0.2) is 49.1 Å². The largest absolute Gasteiger partial charge is 0.341 e. The maximum atomic E-state index is 14.9. The van der Waals surface area contributed by atoms with Crippen molar-refractivity contribution in [3.05, 3.63) is 66.0 Å².